The van der Waals surface area contributed by atoms with Crippen LogP contribution >= 0.6 is 39.0 Å². The van der Waals surface area contributed by atoms with Crippen LogP contribution in [0, 0.1) is 5.92 Å². The number of anilines is 1. The Morgan fingerprint density at radius 3 is 1.96 bits per heavy atom. The third kappa shape index (κ3) is 10.6. The van der Waals surface area contributed by atoms with E-state index in [0.717, 1.165) is 29.4 Å². The van der Waals surface area contributed by atoms with Gasteiger partial charge >= 0.3 is 39.0 Å². The van der Waals surface area contributed by atoms with Gasteiger partial charge in [-0.2, -0.15) is 12.9 Å². The topological polar surface area (TPSA) is 460 Å². The molecule has 10 unspecified atom stereocenters. The maximum atomic E-state index is 12.4. The van der Waals surface area contributed by atoms with Gasteiger partial charge in [0.05, 0.1) is 25.5 Å². The van der Waals surface area contributed by atoms with Crippen molar-refractivity contribution in [3.05, 3.63) is 24.8 Å². The van der Waals surface area contributed by atoms with Gasteiger partial charge in [0.25, 0.3) is 0 Å². The summed E-state index contributed by atoms with van der Waals surface area (Å²) in [6.07, 6.45) is -9.49. The zero-order valence-electron chi connectivity index (χ0n) is 26.8. The molecule has 3 aliphatic heterocycles. The number of ether oxygens (including phenoxy) is 2. The molecule has 0 radical (unpaired) electrons. The van der Waals surface area contributed by atoms with Crippen molar-refractivity contribution in [2.75, 3.05) is 18.9 Å². The number of phosphoric ester groups is 2. The van der Waals surface area contributed by atoms with Gasteiger partial charge in [0.15, 0.2) is 17.7 Å². The lowest BCUT2D eigenvalue weighted by Crippen LogP contribution is -2.46. The van der Waals surface area contributed by atoms with Crippen molar-refractivity contribution < 1.29 is 109 Å². The fourth-order valence-electron chi connectivity index (χ4n) is 5.15. The first-order chi connectivity index (χ1) is 25.3. The largest absolute Gasteiger partial charge is 0.489 e. The number of imide groups is 1. The molecule has 0 aliphatic carbocycles. The van der Waals surface area contributed by atoms with E-state index in [0.29, 0.717) is 4.86 Å². The molecule has 308 valence electrons. The lowest BCUT2D eigenvalue weighted by atomic mass is 9.93. The Balaban J connectivity index is 1.12. The first-order valence-electron chi connectivity index (χ1n) is 14.6. The van der Waals surface area contributed by atoms with E-state index in [1.165, 1.54) is 0 Å². The van der Waals surface area contributed by atoms with Crippen molar-refractivity contribution in [3.8, 4) is 0 Å². The van der Waals surface area contributed by atoms with Gasteiger partial charge in [0.1, 0.15) is 54.6 Å². The van der Waals surface area contributed by atoms with E-state index >= 15 is 0 Å². The number of imidazole rings is 1. The highest BCUT2D eigenvalue weighted by atomic mass is 31.3. The summed E-state index contributed by atoms with van der Waals surface area (Å²) in [5.74, 6) is -3.06. The quantitative estimate of drug-likeness (QED) is 0.0575. The van der Waals surface area contributed by atoms with Crippen molar-refractivity contribution in [1.82, 2.24) is 29.7 Å². The summed E-state index contributed by atoms with van der Waals surface area (Å²) >= 11 is 0. The standard InChI is InChI=1S/C20H30N7O23P5/c21-17-11-18(23-5-22-17)27(6-24-11)20-15(32)13(30)9(47-20)4-44-53(38,39)48-51(34,35)26-52(36,37)49-55(42,43)50-54(40,41)45-3-8-12(29)14(31)16(46-8)7-1-2-10(28)25-19(7)33/h1-2,5-9,12-16,20,29-32H,3-4H2,(H,38,39)(H,40,41)(H,42,43)(H2,21,22,23)(H,25,28,33)(H3,26,34,35,36,37)/t7?,8-,9-,12?,13?,14?,15?,16+,20-/m1/s1. The minimum absolute atomic E-state index is 0.0388. The average molecular weight is 891 g/mol. The molecule has 0 spiro atoms. The van der Waals surface area contributed by atoms with E-state index in [2.05, 4.69) is 36.9 Å². The Morgan fingerprint density at radius 2 is 1.35 bits per heavy atom. The summed E-state index contributed by atoms with van der Waals surface area (Å²) in [6, 6.07) is 0. The minimum Gasteiger partial charge on any atom is -0.388 e. The third-order valence-electron chi connectivity index (χ3n) is 7.45. The third-order valence-corrected chi connectivity index (χ3v) is 15.5. The number of nitrogens with zero attached hydrogens (tertiary/aromatic N) is 4. The molecule has 3 aliphatic rings. The summed E-state index contributed by atoms with van der Waals surface area (Å²) in [6.45, 7) is -2.37. The molecular weight excluding hydrogens is 861 g/mol. The lowest BCUT2D eigenvalue weighted by Gasteiger charge is -2.24. The van der Waals surface area contributed by atoms with Gasteiger partial charge in [-0.15, -0.1) is 4.86 Å². The van der Waals surface area contributed by atoms with Gasteiger partial charge < -0.3 is 60.1 Å². The van der Waals surface area contributed by atoms with E-state index < -0.39 is 119 Å². The second-order valence-electron chi connectivity index (χ2n) is 11.4. The van der Waals surface area contributed by atoms with Gasteiger partial charge in [-0.05, 0) is 0 Å². The predicted molar refractivity (Wildman–Crippen MR) is 170 cm³/mol. The van der Waals surface area contributed by atoms with Crippen LogP contribution in [0.5, 0.6) is 0 Å². The zero-order chi connectivity index (χ0) is 40.9. The monoisotopic (exact) mass is 891 g/mol. The number of nitrogen functional groups attached to an aromatic ring is 1. The maximum absolute atomic E-state index is 12.4. The molecule has 2 aromatic heterocycles. The molecule has 55 heavy (non-hydrogen) atoms. The van der Waals surface area contributed by atoms with Crippen LogP contribution in [0.3, 0.4) is 0 Å². The second-order valence-corrected chi connectivity index (χ2v) is 19.5. The molecule has 35 heteroatoms. The Labute approximate surface area is 304 Å². The number of hydrogen-bond donors (Lipinski definition) is 12. The van der Waals surface area contributed by atoms with Crippen molar-refractivity contribution >= 4 is 67.8 Å². The van der Waals surface area contributed by atoms with E-state index in [4.69, 9.17) is 15.2 Å². The number of phosphoric acid groups is 3. The number of rotatable bonds is 16. The Hall–Kier alpha value is -2.30. The average Bonchev–Trinajstić information content (AvgIpc) is 3.67. The summed E-state index contributed by atoms with van der Waals surface area (Å²) in [4.78, 5) is 85.0. The minimum atomic E-state index is -6.30. The number of fused-ring (bicyclic) bond motifs is 1. The molecule has 5 heterocycles. The molecule has 0 saturated carbocycles. The van der Waals surface area contributed by atoms with Crippen molar-refractivity contribution in [2.45, 2.75) is 49.0 Å². The number of aromatic nitrogens is 4. The number of carbonyl (C=O) groups excluding carboxylic acids is 2. The van der Waals surface area contributed by atoms with Crippen LogP contribution in [0.1, 0.15) is 6.23 Å². The first kappa shape index (κ1) is 43.8. The number of carbonyl (C=O) groups is 2. The molecule has 2 fully saturated rings. The molecule has 13 N–H and O–H groups in total. The Bertz CT molecular complexity index is 2090. The molecule has 0 aromatic carbocycles. The van der Waals surface area contributed by atoms with Crippen LogP contribution in [0.15, 0.2) is 24.8 Å². The molecule has 2 amide bonds. The molecule has 0 bridgehead atoms. The summed E-state index contributed by atoms with van der Waals surface area (Å²) in [5.41, 5.74) is 5.85. The zero-order valence-corrected chi connectivity index (χ0v) is 31.2. The van der Waals surface area contributed by atoms with Crippen LogP contribution in [-0.2, 0) is 63.9 Å². The van der Waals surface area contributed by atoms with Gasteiger partial charge in [0, 0.05) is 6.08 Å². The highest BCUT2D eigenvalue weighted by molar-refractivity contribution is 7.74. The van der Waals surface area contributed by atoms with Gasteiger partial charge in [-0.25, -0.2) is 37.8 Å². The maximum Gasteiger partial charge on any atom is 0.489 e. The fraction of sp³-hybridized carbons (Fsp3) is 0.550. The number of aliphatic hydroxyl groups excluding tert-OH is 4. The SMILES string of the molecule is Nc1ncnc2c1ncn2[C@@H]1O[C@H](COP(=O)(O)OP(=O)(O)NP(=O)(O)OP(=O)(O)OP(=O)(O)OC[C@H]2O[C@@H](C3C=CC(=O)NC3=O)C(O)C2O)C(O)C1O. The normalized spacial score (nSPS) is 34.0. The number of aliphatic hydroxyl groups is 4. The van der Waals surface area contributed by atoms with Crippen molar-refractivity contribution in [2.24, 2.45) is 5.92 Å². The smallest absolute Gasteiger partial charge is 0.388 e. The predicted octanol–water partition coefficient (Wildman–Crippen LogP) is -3.48. The summed E-state index contributed by atoms with van der Waals surface area (Å²) < 4.78 is 93.9. The number of amides is 2. The number of hydrogen-bond acceptors (Lipinski definition) is 22. The van der Waals surface area contributed by atoms with Gasteiger partial charge in [-0.3, -0.25) is 28.5 Å². The van der Waals surface area contributed by atoms with Crippen molar-refractivity contribution in [1.29, 1.82) is 0 Å². The van der Waals surface area contributed by atoms with Crippen LogP contribution in [0.4, 0.5) is 5.82 Å². The number of nitrogens with two attached hydrogens (primary N) is 1. The van der Waals surface area contributed by atoms with Gasteiger partial charge in [0.2, 0.25) is 11.8 Å². The highest BCUT2D eigenvalue weighted by Gasteiger charge is 2.51. The van der Waals surface area contributed by atoms with Crippen LogP contribution in [0.2, 0.25) is 0 Å². The Morgan fingerprint density at radius 1 is 0.782 bits per heavy atom. The van der Waals surface area contributed by atoms with Crippen LogP contribution < -0.4 is 15.9 Å². The summed E-state index contributed by atoms with van der Waals surface area (Å²) in [7, 11) is -30.3. The van der Waals surface area contributed by atoms with Crippen molar-refractivity contribution in [3.63, 3.8) is 0 Å². The second kappa shape index (κ2) is 16.2. The Kier molecular flexibility index (Phi) is 12.9. The molecular formula is C20H30N7O23P5. The van der Waals surface area contributed by atoms with E-state index in [1.54, 1.807) is 0 Å². The van der Waals surface area contributed by atoms with Crippen LogP contribution in [-0.4, -0.2) is 132 Å². The van der Waals surface area contributed by atoms with E-state index in [-0.39, 0.29) is 17.0 Å². The lowest BCUT2D eigenvalue weighted by molar-refractivity contribution is -0.135. The first-order valence-corrected chi connectivity index (χ1v) is 22.3. The highest BCUT2D eigenvalue weighted by Crippen LogP contribution is 2.70. The van der Waals surface area contributed by atoms with E-state index in [9.17, 15) is 77.3 Å². The molecule has 30 nitrogen and oxygen atoms in total. The molecule has 2 saturated heterocycles. The molecule has 5 rings (SSSR count). The molecule has 14 atom stereocenters. The van der Waals surface area contributed by atoms with Crippen LogP contribution in [0.25, 0.3) is 11.2 Å². The van der Waals surface area contributed by atoms with Gasteiger partial charge in [-0.1, -0.05) is 6.08 Å². The van der Waals surface area contributed by atoms with E-state index in [1.807, 2.05) is 5.32 Å². The number of nitrogens with one attached hydrogen (secondary N) is 2. The fourth-order valence-corrected chi connectivity index (χ4v) is 12.1. The summed E-state index contributed by atoms with van der Waals surface area (Å²) in [5, 5.41) is 43.3. The molecule has 2 aromatic rings.